The summed E-state index contributed by atoms with van der Waals surface area (Å²) in [6.07, 6.45) is 0.612. The third-order valence-corrected chi connectivity index (χ3v) is 5.41. The SMILES string of the molecule is CCC(COC)NS(=O)(=O)c1cc(Cl)cc(N)c1Br. The van der Waals surface area contributed by atoms with Gasteiger partial charge in [0.1, 0.15) is 0 Å². The van der Waals surface area contributed by atoms with Crippen molar-refractivity contribution >= 4 is 43.2 Å². The molecule has 0 spiro atoms. The van der Waals surface area contributed by atoms with Gasteiger partial charge in [-0.05, 0) is 34.5 Å². The summed E-state index contributed by atoms with van der Waals surface area (Å²) in [4.78, 5) is 0.0204. The molecule has 3 N–H and O–H groups in total. The second kappa shape index (κ2) is 6.90. The van der Waals surface area contributed by atoms with Crippen LogP contribution in [0.1, 0.15) is 13.3 Å². The highest BCUT2D eigenvalue weighted by Gasteiger charge is 2.23. The molecule has 1 aromatic rings. The molecule has 8 heteroatoms. The van der Waals surface area contributed by atoms with Gasteiger partial charge in [-0.15, -0.1) is 0 Å². The lowest BCUT2D eigenvalue weighted by atomic mass is 10.3. The zero-order chi connectivity index (χ0) is 14.6. The molecule has 0 aliphatic heterocycles. The minimum absolute atomic E-state index is 0.0204. The van der Waals surface area contributed by atoms with Crippen LogP contribution in [0.3, 0.4) is 0 Å². The molecule has 0 fully saturated rings. The Morgan fingerprint density at radius 1 is 1.53 bits per heavy atom. The van der Waals surface area contributed by atoms with Crippen molar-refractivity contribution in [2.45, 2.75) is 24.3 Å². The third-order valence-electron chi connectivity index (χ3n) is 2.50. The van der Waals surface area contributed by atoms with E-state index in [1.807, 2.05) is 6.92 Å². The number of nitrogens with one attached hydrogen (secondary N) is 1. The average molecular weight is 372 g/mol. The van der Waals surface area contributed by atoms with E-state index in [0.717, 1.165) is 0 Å². The molecule has 0 aliphatic carbocycles. The molecule has 19 heavy (non-hydrogen) atoms. The summed E-state index contributed by atoms with van der Waals surface area (Å²) in [7, 11) is -2.19. The van der Waals surface area contributed by atoms with E-state index in [2.05, 4.69) is 20.7 Å². The van der Waals surface area contributed by atoms with Crippen molar-refractivity contribution in [1.29, 1.82) is 0 Å². The normalized spacial score (nSPS) is 13.5. The van der Waals surface area contributed by atoms with Crippen molar-refractivity contribution in [2.75, 3.05) is 19.5 Å². The van der Waals surface area contributed by atoms with E-state index in [1.165, 1.54) is 19.2 Å². The van der Waals surface area contributed by atoms with Crippen molar-refractivity contribution in [1.82, 2.24) is 4.72 Å². The van der Waals surface area contributed by atoms with E-state index in [9.17, 15) is 8.42 Å². The van der Waals surface area contributed by atoms with Crippen molar-refractivity contribution in [2.24, 2.45) is 0 Å². The Morgan fingerprint density at radius 3 is 2.68 bits per heavy atom. The standard InChI is InChI=1S/C11H16BrClN2O3S/c1-3-8(6-18-2)15-19(16,17)10-5-7(13)4-9(14)11(10)12/h4-5,8,15H,3,6,14H2,1-2H3. The molecule has 0 radical (unpaired) electrons. The highest BCUT2D eigenvalue weighted by Crippen LogP contribution is 2.31. The largest absolute Gasteiger partial charge is 0.398 e. The summed E-state index contributed by atoms with van der Waals surface area (Å²) >= 11 is 9.01. The number of ether oxygens (including phenoxy) is 1. The maximum Gasteiger partial charge on any atom is 0.242 e. The van der Waals surface area contributed by atoms with Crippen LogP contribution >= 0.6 is 27.5 Å². The Balaban J connectivity index is 3.13. The lowest BCUT2D eigenvalue weighted by Crippen LogP contribution is -2.37. The number of benzene rings is 1. The van der Waals surface area contributed by atoms with Crippen LogP contribution in [-0.4, -0.2) is 28.2 Å². The van der Waals surface area contributed by atoms with Crippen LogP contribution in [0.15, 0.2) is 21.5 Å². The number of rotatable bonds is 6. The van der Waals surface area contributed by atoms with E-state index in [4.69, 9.17) is 22.1 Å². The molecule has 1 rings (SSSR count). The first-order valence-corrected chi connectivity index (χ1v) is 8.23. The smallest absolute Gasteiger partial charge is 0.242 e. The van der Waals surface area contributed by atoms with Crippen LogP contribution in [0.5, 0.6) is 0 Å². The van der Waals surface area contributed by atoms with E-state index in [-0.39, 0.29) is 21.6 Å². The predicted molar refractivity (Wildman–Crippen MR) is 79.8 cm³/mol. The number of nitrogens with two attached hydrogens (primary N) is 1. The monoisotopic (exact) mass is 370 g/mol. The van der Waals surface area contributed by atoms with E-state index in [0.29, 0.717) is 17.5 Å². The van der Waals surface area contributed by atoms with Crippen LogP contribution in [0.4, 0.5) is 5.69 Å². The summed E-state index contributed by atoms with van der Waals surface area (Å²) in [6, 6.07) is 2.53. The van der Waals surface area contributed by atoms with E-state index < -0.39 is 10.0 Å². The lowest BCUT2D eigenvalue weighted by Gasteiger charge is -2.17. The molecule has 1 aromatic carbocycles. The van der Waals surface area contributed by atoms with Crippen LogP contribution in [-0.2, 0) is 14.8 Å². The van der Waals surface area contributed by atoms with Gasteiger partial charge in [-0.1, -0.05) is 18.5 Å². The first kappa shape index (κ1) is 16.7. The summed E-state index contributed by atoms with van der Waals surface area (Å²) in [5, 5.41) is 0.265. The fourth-order valence-electron chi connectivity index (χ4n) is 1.50. The number of hydrogen-bond acceptors (Lipinski definition) is 4. The molecule has 0 aromatic heterocycles. The third kappa shape index (κ3) is 4.32. The molecule has 1 unspecified atom stereocenters. The molecular formula is C11H16BrClN2O3S. The summed E-state index contributed by atoms with van der Waals surface area (Å²) in [5.41, 5.74) is 5.96. The Kier molecular flexibility index (Phi) is 6.07. The number of hydrogen-bond donors (Lipinski definition) is 2. The minimum Gasteiger partial charge on any atom is -0.398 e. The lowest BCUT2D eigenvalue weighted by molar-refractivity contribution is 0.173. The fraction of sp³-hybridized carbons (Fsp3) is 0.455. The molecule has 5 nitrogen and oxygen atoms in total. The zero-order valence-corrected chi connectivity index (χ0v) is 13.8. The van der Waals surface area contributed by atoms with Gasteiger partial charge in [-0.3, -0.25) is 0 Å². The molecule has 1 atom stereocenters. The first-order chi connectivity index (χ1) is 8.81. The number of anilines is 1. The Morgan fingerprint density at radius 2 is 2.16 bits per heavy atom. The molecule has 0 saturated carbocycles. The second-order valence-corrected chi connectivity index (χ2v) is 6.90. The highest BCUT2D eigenvalue weighted by molar-refractivity contribution is 9.10. The topological polar surface area (TPSA) is 81.4 Å². The molecule has 0 amide bonds. The van der Waals surface area contributed by atoms with Crippen LogP contribution in [0.2, 0.25) is 5.02 Å². The van der Waals surface area contributed by atoms with Gasteiger partial charge in [0, 0.05) is 23.9 Å². The average Bonchev–Trinajstić information content (AvgIpc) is 2.32. The van der Waals surface area contributed by atoms with Crippen molar-refractivity contribution < 1.29 is 13.2 Å². The van der Waals surface area contributed by atoms with Crippen LogP contribution in [0, 0.1) is 0 Å². The Labute approximate surface area is 126 Å². The molecule has 108 valence electrons. The van der Waals surface area contributed by atoms with Crippen molar-refractivity contribution in [3.8, 4) is 0 Å². The minimum atomic E-state index is -3.71. The second-order valence-electron chi connectivity index (χ2n) is 3.99. The number of sulfonamides is 1. The maximum absolute atomic E-state index is 12.3. The van der Waals surface area contributed by atoms with E-state index in [1.54, 1.807) is 0 Å². The van der Waals surface area contributed by atoms with Gasteiger partial charge in [0.25, 0.3) is 0 Å². The van der Waals surface area contributed by atoms with Gasteiger partial charge in [0.2, 0.25) is 10.0 Å². The number of nitrogen functional groups attached to an aromatic ring is 1. The number of halogens is 2. The fourth-order valence-corrected chi connectivity index (χ4v) is 4.10. The van der Waals surface area contributed by atoms with Gasteiger partial charge >= 0.3 is 0 Å². The number of methoxy groups -OCH3 is 1. The molecule has 0 saturated heterocycles. The summed E-state index contributed by atoms with van der Waals surface area (Å²) < 4.78 is 32.4. The highest BCUT2D eigenvalue weighted by atomic mass is 79.9. The Hall–Kier alpha value is -0.340. The van der Waals surface area contributed by atoms with Crippen LogP contribution in [0.25, 0.3) is 0 Å². The summed E-state index contributed by atoms with van der Waals surface area (Å²) in [5.74, 6) is 0. The van der Waals surface area contributed by atoms with Gasteiger partial charge in [0.15, 0.2) is 0 Å². The van der Waals surface area contributed by atoms with Gasteiger partial charge in [-0.2, -0.15) is 0 Å². The molecule has 0 heterocycles. The Bertz CT molecular complexity index is 551. The van der Waals surface area contributed by atoms with Crippen molar-refractivity contribution in [3.05, 3.63) is 21.6 Å². The molecule has 0 aliphatic rings. The van der Waals surface area contributed by atoms with Crippen molar-refractivity contribution in [3.63, 3.8) is 0 Å². The van der Waals surface area contributed by atoms with E-state index >= 15 is 0 Å². The summed E-state index contributed by atoms with van der Waals surface area (Å²) in [6.45, 7) is 2.16. The molecular weight excluding hydrogens is 356 g/mol. The van der Waals surface area contributed by atoms with Gasteiger partial charge in [-0.25, -0.2) is 13.1 Å². The van der Waals surface area contributed by atoms with Crippen LogP contribution < -0.4 is 10.5 Å². The van der Waals surface area contributed by atoms with Gasteiger partial charge in [0.05, 0.1) is 16.0 Å². The first-order valence-electron chi connectivity index (χ1n) is 5.57. The maximum atomic E-state index is 12.3. The van der Waals surface area contributed by atoms with Gasteiger partial charge < -0.3 is 10.5 Å². The quantitative estimate of drug-likeness (QED) is 0.752. The predicted octanol–water partition coefficient (Wildman–Crippen LogP) is 2.39. The molecule has 0 bridgehead atoms. The zero-order valence-electron chi connectivity index (χ0n) is 10.6.